The molecule has 1 aromatic carbocycles. The van der Waals surface area contributed by atoms with E-state index in [1.54, 1.807) is 0 Å². The molecule has 2 heterocycles. The SMILES string of the molecule is Cc1nn(-c2ccccc2)c2sc(C(=O)NNC(=O)C3CC3)cc12. The van der Waals surface area contributed by atoms with E-state index in [4.69, 9.17) is 0 Å². The highest BCUT2D eigenvalue weighted by atomic mass is 32.1. The van der Waals surface area contributed by atoms with E-state index in [2.05, 4.69) is 16.0 Å². The van der Waals surface area contributed by atoms with E-state index < -0.39 is 0 Å². The van der Waals surface area contributed by atoms with Crippen molar-refractivity contribution in [2.45, 2.75) is 19.8 Å². The number of rotatable bonds is 3. The summed E-state index contributed by atoms with van der Waals surface area (Å²) in [5.41, 5.74) is 6.80. The quantitative estimate of drug-likeness (QED) is 0.720. The van der Waals surface area contributed by atoms with Crippen molar-refractivity contribution in [1.29, 1.82) is 0 Å². The van der Waals surface area contributed by atoms with Crippen LogP contribution in [0.15, 0.2) is 36.4 Å². The van der Waals surface area contributed by atoms with Crippen molar-refractivity contribution in [3.8, 4) is 5.69 Å². The molecule has 2 amide bonds. The molecule has 1 saturated carbocycles. The van der Waals surface area contributed by atoms with Gasteiger partial charge in [-0.3, -0.25) is 20.4 Å². The third kappa shape index (κ3) is 2.67. The molecule has 3 aromatic rings. The predicted octanol–water partition coefficient (Wildman–Crippen LogP) is 2.57. The van der Waals surface area contributed by atoms with Crippen LogP contribution in [0.5, 0.6) is 0 Å². The average molecular weight is 340 g/mol. The molecule has 0 atom stereocenters. The average Bonchev–Trinajstić information content (AvgIpc) is 3.28. The van der Waals surface area contributed by atoms with Crippen LogP contribution in [0.4, 0.5) is 0 Å². The lowest BCUT2D eigenvalue weighted by molar-refractivity contribution is -0.123. The highest BCUT2D eigenvalue weighted by molar-refractivity contribution is 7.20. The van der Waals surface area contributed by atoms with Gasteiger partial charge in [0.25, 0.3) is 5.91 Å². The summed E-state index contributed by atoms with van der Waals surface area (Å²) in [5, 5.41) is 5.50. The number of amides is 2. The number of benzene rings is 1. The lowest BCUT2D eigenvalue weighted by Crippen LogP contribution is -2.42. The van der Waals surface area contributed by atoms with Crippen molar-refractivity contribution in [2.75, 3.05) is 0 Å². The summed E-state index contributed by atoms with van der Waals surface area (Å²) in [5.74, 6) is -0.359. The fourth-order valence-electron chi connectivity index (χ4n) is 2.53. The predicted molar refractivity (Wildman–Crippen MR) is 92.0 cm³/mol. The number of hydrogen-bond acceptors (Lipinski definition) is 4. The molecule has 0 aliphatic heterocycles. The van der Waals surface area contributed by atoms with Crippen LogP contribution in [0.3, 0.4) is 0 Å². The molecule has 1 aliphatic carbocycles. The summed E-state index contributed by atoms with van der Waals surface area (Å²) in [6, 6.07) is 11.6. The van der Waals surface area contributed by atoms with Crippen LogP contribution in [-0.2, 0) is 4.79 Å². The third-order valence-corrected chi connectivity index (χ3v) is 5.13. The van der Waals surface area contributed by atoms with Gasteiger partial charge >= 0.3 is 0 Å². The van der Waals surface area contributed by atoms with E-state index in [1.165, 1.54) is 11.3 Å². The first-order valence-electron chi connectivity index (χ1n) is 7.78. The molecular formula is C17H16N4O2S. The molecule has 2 N–H and O–H groups in total. The maximum Gasteiger partial charge on any atom is 0.279 e. The van der Waals surface area contributed by atoms with Crippen LogP contribution in [0.25, 0.3) is 15.9 Å². The molecule has 0 saturated heterocycles. The Bertz CT molecular complexity index is 925. The Labute approximate surface area is 142 Å². The zero-order valence-corrected chi connectivity index (χ0v) is 13.9. The first-order valence-corrected chi connectivity index (χ1v) is 8.60. The normalized spacial score (nSPS) is 13.9. The summed E-state index contributed by atoms with van der Waals surface area (Å²) in [4.78, 5) is 25.4. The van der Waals surface area contributed by atoms with E-state index >= 15 is 0 Å². The van der Waals surface area contributed by atoms with Gasteiger partial charge in [0, 0.05) is 11.3 Å². The summed E-state index contributed by atoms with van der Waals surface area (Å²) in [6.07, 6.45) is 1.80. The number of hydrogen-bond donors (Lipinski definition) is 2. The van der Waals surface area contributed by atoms with E-state index in [0.717, 1.165) is 34.4 Å². The Kier molecular flexibility index (Phi) is 3.57. The zero-order valence-electron chi connectivity index (χ0n) is 13.1. The molecular weight excluding hydrogens is 324 g/mol. The number of fused-ring (bicyclic) bond motifs is 1. The number of nitrogens with one attached hydrogen (secondary N) is 2. The first kappa shape index (κ1) is 14.9. The molecule has 4 rings (SSSR count). The van der Waals surface area contributed by atoms with Crippen molar-refractivity contribution < 1.29 is 9.59 Å². The molecule has 24 heavy (non-hydrogen) atoms. The summed E-state index contributed by atoms with van der Waals surface area (Å²) >= 11 is 1.36. The van der Waals surface area contributed by atoms with Gasteiger partial charge in [0.2, 0.25) is 5.91 Å². The summed E-state index contributed by atoms with van der Waals surface area (Å²) in [6.45, 7) is 1.92. The van der Waals surface area contributed by atoms with E-state index in [0.29, 0.717) is 4.88 Å². The zero-order chi connectivity index (χ0) is 16.7. The van der Waals surface area contributed by atoms with Gasteiger partial charge < -0.3 is 0 Å². The van der Waals surface area contributed by atoms with Gasteiger partial charge in [-0.25, -0.2) is 4.68 Å². The largest absolute Gasteiger partial charge is 0.279 e. The molecule has 122 valence electrons. The monoisotopic (exact) mass is 340 g/mol. The highest BCUT2D eigenvalue weighted by Gasteiger charge is 2.30. The maximum atomic E-state index is 12.3. The van der Waals surface area contributed by atoms with Gasteiger partial charge in [-0.15, -0.1) is 11.3 Å². The van der Waals surface area contributed by atoms with Crippen molar-refractivity contribution in [3.05, 3.63) is 47.0 Å². The second kappa shape index (κ2) is 5.76. The second-order valence-electron chi connectivity index (χ2n) is 5.88. The van der Waals surface area contributed by atoms with Crippen molar-refractivity contribution in [2.24, 2.45) is 5.92 Å². The Morgan fingerprint density at radius 1 is 1.21 bits per heavy atom. The minimum Gasteiger partial charge on any atom is -0.273 e. The lowest BCUT2D eigenvalue weighted by Gasteiger charge is -2.05. The fourth-order valence-corrected chi connectivity index (χ4v) is 3.61. The van der Waals surface area contributed by atoms with E-state index in [-0.39, 0.29) is 17.7 Å². The number of thiophene rings is 1. The van der Waals surface area contributed by atoms with E-state index in [1.807, 2.05) is 48.0 Å². The molecule has 0 spiro atoms. The molecule has 0 radical (unpaired) electrons. The Morgan fingerprint density at radius 2 is 1.96 bits per heavy atom. The van der Waals surface area contributed by atoms with Gasteiger partial charge in [0.15, 0.2) is 0 Å². The molecule has 7 heteroatoms. The smallest absolute Gasteiger partial charge is 0.273 e. The molecule has 1 aliphatic rings. The Morgan fingerprint density at radius 3 is 2.67 bits per heavy atom. The number of aromatic nitrogens is 2. The number of carbonyl (C=O) groups excluding carboxylic acids is 2. The fraction of sp³-hybridized carbons (Fsp3) is 0.235. The molecule has 0 bridgehead atoms. The number of aryl methyl sites for hydroxylation is 1. The highest BCUT2D eigenvalue weighted by Crippen LogP contribution is 2.30. The molecule has 6 nitrogen and oxygen atoms in total. The van der Waals surface area contributed by atoms with Crippen LogP contribution in [0.1, 0.15) is 28.2 Å². The minimum atomic E-state index is -0.302. The summed E-state index contributed by atoms with van der Waals surface area (Å²) in [7, 11) is 0. The van der Waals surface area contributed by atoms with Crippen LogP contribution in [0, 0.1) is 12.8 Å². The Balaban J connectivity index is 1.61. The van der Waals surface area contributed by atoms with Crippen LogP contribution in [-0.4, -0.2) is 21.6 Å². The van der Waals surface area contributed by atoms with Gasteiger partial charge in [-0.2, -0.15) is 5.10 Å². The third-order valence-electron chi connectivity index (χ3n) is 4.02. The number of carbonyl (C=O) groups is 2. The van der Waals surface area contributed by atoms with Crippen LogP contribution < -0.4 is 10.9 Å². The van der Waals surface area contributed by atoms with Crippen molar-refractivity contribution in [1.82, 2.24) is 20.6 Å². The lowest BCUT2D eigenvalue weighted by atomic mass is 10.3. The van der Waals surface area contributed by atoms with Crippen LogP contribution >= 0.6 is 11.3 Å². The first-order chi connectivity index (χ1) is 11.6. The minimum absolute atomic E-state index is 0.0570. The van der Waals surface area contributed by atoms with Crippen LogP contribution in [0.2, 0.25) is 0 Å². The van der Waals surface area contributed by atoms with E-state index in [9.17, 15) is 9.59 Å². The Hall–Kier alpha value is -2.67. The topological polar surface area (TPSA) is 76.0 Å². The molecule has 2 aromatic heterocycles. The van der Waals surface area contributed by atoms with Gasteiger partial charge in [-0.05, 0) is 38.0 Å². The van der Waals surface area contributed by atoms with Crippen molar-refractivity contribution in [3.63, 3.8) is 0 Å². The summed E-state index contributed by atoms with van der Waals surface area (Å²) < 4.78 is 1.84. The number of para-hydroxylation sites is 1. The van der Waals surface area contributed by atoms with Gasteiger partial charge in [0.1, 0.15) is 4.83 Å². The van der Waals surface area contributed by atoms with Gasteiger partial charge in [0.05, 0.1) is 16.3 Å². The van der Waals surface area contributed by atoms with Gasteiger partial charge in [-0.1, -0.05) is 18.2 Å². The molecule has 1 fully saturated rings. The maximum absolute atomic E-state index is 12.3. The second-order valence-corrected chi connectivity index (χ2v) is 6.91. The molecule has 0 unspecified atom stereocenters. The number of nitrogens with zero attached hydrogens (tertiary/aromatic N) is 2. The standard InChI is InChI=1S/C17H16N4O2S/c1-10-13-9-14(16(23)19-18-15(22)11-7-8-11)24-17(13)21(20-10)12-5-3-2-4-6-12/h2-6,9,11H,7-8H2,1H3,(H,18,22)(H,19,23). The van der Waals surface area contributed by atoms with Crippen molar-refractivity contribution >= 4 is 33.4 Å². The number of hydrazine groups is 1.